The van der Waals surface area contributed by atoms with Crippen LogP contribution < -0.4 is 16.2 Å². The van der Waals surface area contributed by atoms with Gasteiger partial charge in [-0.2, -0.15) is 0 Å². The van der Waals surface area contributed by atoms with Crippen LogP contribution in [0.1, 0.15) is 47.8 Å². The molecule has 5 rings (SSSR count). The summed E-state index contributed by atoms with van der Waals surface area (Å²) in [6.45, 7) is 11.6. The van der Waals surface area contributed by atoms with Crippen LogP contribution in [0.2, 0.25) is 0 Å². The van der Waals surface area contributed by atoms with Crippen LogP contribution in [0, 0.1) is 12.7 Å². The van der Waals surface area contributed by atoms with Crippen molar-refractivity contribution in [2.75, 3.05) is 36.9 Å². The molecule has 4 aromatic rings. The smallest absolute Gasteiger partial charge is 0.293 e. The van der Waals surface area contributed by atoms with Crippen LogP contribution in [0.4, 0.5) is 21.6 Å². The van der Waals surface area contributed by atoms with Gasteiger partial charge in [-0.15, -0.1) is 0 Å². The normalized spacial score (nSPS) is 14.0. The van der Waals surface area contributed by atoms with E-state index in [1.165, 1.54) is 10.6 Å². The highest BCUT2D eigenvalue weighted by Gasteiger charge is 2.18. The maximum absolute atomic E-state index is 15.0. The zero-order chi connectivity index (χ0) is 30.7. The minimum absolute atomic E-state index is 0.00291. The number of hydrogen-bond donors (Lipinski definition) is 2. The van der Waals surface area contributed by atoms with Crippen molar-refractivity contribution in [3.8, 4) is 11.3 Å². The fourth-order valence-corrected chi connectivity index (χ4v) is 5.07. The lowest BCUT2D eigenvalue weighted by molar-refractivity contribution is 0.0337. The first-order chi connectivity index (χ1) is 20.5. The lowest BCUT2D eigenvalue weighted by Crippen LogP contribution is -2.35. The first-order valence-electron chi connectivity index (χ1n) is 14.4. The molecule has 1 amide bonds. The van der Waals surface area contributed by atoms with Crippen molar-refractivity contribution < 1.29 is 13.9 Å². The Kier molecular flexibility index (Phi) is 8.75. The lowest BCUT2D eigenvalue weighted by Gasteiger charge is -2.26. The Labute approximate surface area is 251 Å². The molecule has 0 atom stereocenters. The summed E-state index contributed by atoms with van der Waals surface area (Å²) in [7, 11) is 1.65. The highest BCUT2D eigenvalue weighted by Crippen LogP contribution is 2.29. The molecule has 0 saturated carbocycles. The number of halogens is 1. The van der Waals surface area contributed by atoms with Crippen molar-refractivity contribution >= 4 is 23.1 Å². The summed E-state index contributed by atoms with van der Waals surface area (Å²) in [5.74, 6) is -0.486. The number of ether oxygens (including phenoxy) is 1. The van der Waals surface area contributed by atoms with E-state index in [1.807, 2.05) is 49.4 Å². The van der Waals surface area contributed by atoms with Gasteiger partial charge in [0.2, 0.25) is 0 Å². The second-order valence-corrected chi connectivity index (χ2v) is 12.0. The van der Waals surface area contributed by atoms with E-state index in [4.69, 9.17) is 4.74 Å². The number of nitrogens with one attached hydrogen (secondary N) is 2. The average Bonchev–Trinajstić information content (AvgIpc) is 2.98. The molecule has 43 heavy (non-hydrogen) atoms. The standard InChI is InChI=1S/C34H38FN5O3/c1-22-27(7-6-8-29(22)38-32(41)23-9-12-25(13-10-23)34(2,3)4)30-21-39(5)33(42)31(37-30)36-26-14-11-24(28(35)19-26)20-40-15-17-43-18-16-40/h6-14,19,21H,15-18,20H2,1-5H3,(H,36,37)(H,38,41). The van der Waals surface area contributed by atoms with Gasteiger partial charge in [0.25, 0.3) is 11.5 Å². The summed E-state index contributed by atoms with van der Waals surface area (Å²) < 4.78 is 21.8. The number of rotatable bonds is 7. The van der Waals surface area contributed by atoms with E-state index in [9.17, 15) is 14.0 Å². The van der Waals surface area contributed by atoms with Crippen LogP contribution in [0.25, 0.3) is 11.3 Å². The Morgan fingerprint density at radius 2 is 1.77 bits per heavy atom. The summed E-state index contributed by atoms with van der Waals surface area (Å²) in [5.41, 5.74) is 5.12. The molecule has 224 valence electrons. The Morgan fingerprint density at radius 3 is 2.44 bits per heavy atom. The Bertz CT molecular complexity index is 1690. The van der Waals surface area contributed by atoms with Gasteiger partial charge in [-0.3, -0.25) is 14.5 Å². The highest BCUT2D eigenvalue weighted by molar-refractivity contribution is 6.05. The molecule has 8 nitrogen and oxygen atoms in total. The summed E-state index contributed by atoms with van der Waals surface area (Å²) in [4.78, 5) is 32.8. The third-order valence-electron chi connectivity index (χ3n) is 7.76. The molecule has 2 heterocycles. The number of carbonyl (C=O) groups is 1. The van der Waals surface area contributed by atoms with Crippen molar-refractivity contribution in [2.45, 2.75) is 39.7 Å². The summed E-state index contributed by atoms with van der Waals surface area (Å²) in [6, 6.07) is 18.1. The summed E-state index contributed by atoms with van der Waals surface area (Å²) in [6.07, 6.45) is 1.65. The number of benzene rings is 3. The average molecular weight is 584 g/mol. The van der Waals surface area contributed by atoms with Crippen molar-refractivity contribution in [2.24, 2.45) is 7.05 Å². The quantitative estimate of drug-likeness (QED) is 0.277. The molecule has 3 aromatic carbocycles. The number of aromatic nitrogens is 2. The van der Waals surface area contributed by atoms with Crippen molar-refractivity contribution in [1.29, 1.82) is 0 Å². The molecule has 0 bridgehead atoms. The number of morpholine rings is 1. The van der Waals surface area contributed by atoms with Crippen molar-refractivity contribution in [1.82, 2.24) is 14.5 Å². The molecule has 9 heteroatoms. The van der Waals surface area contributed by atoms with E-state index in [2.05, 4.69) is 41.3 Å². The molecule has 2 N–H and O–H groups in total. The molecule has 1 fully saturated rings. The predicted octanol–water partition coefficient (Wildman–Crippen LogP) is 6.02. The molecule has 0 aliphatic carbocycles. The van der Waals surface area contributed by atoms with E-state index in [0.29, 0.717) is 48.0 Å². The zero-order valence-corrected chi connectivity index (χ0v) is 25.3. The lowest BCUT2D eigenvalue weighted by atomic mass is 9.86. The van der Waals surface area contributed by atoms with E-state index in [0.717, 1.165) is 29.8 Å². The molecule has 1 aliphatic rings. The van der Waals surface area contributed by atoms with Crippen molar-refractivity contribution in [3.63, 3.8) is 0 Å². The van der Waals surface area contributed by atoms with Crippen LogP contribution in [0.3, 0.4) is 0 Å². The fourth-order valence-electron chi connectivity index (χ4n) is 5.07. The van der Waals surface area contributed by atoms with Gasteiger partial charge < -0.3 is 19.9 Å². The molecule has 1 aliphatic heterocycles. The Morgan fingerprint density at radius 1 is 1.05 bits per heavy atom. The second-order valence-electron chi connectivity index (χ2n) is 12.0. The highest BCUT2D eigenvalue weighted by atomic mass is 19.1. The maximum atomic E-state index is 15.0. The number of anilines is 3. The molecule has 0 radical (unpaired) electrons. The molecular formula is C34H38FN5O3. The number of carbonyl (C=O) groups excluding carboxylic acids is 1. The molecule has 0 unspecified atom stereocenters. The number of aryl methyl sites for hydroxylation is 1. The van der Waals surface area contributed by atoms with E-state index < -0.39 is 0 Å². The van der Waals surface area contributed by atoms with Crippen LogP contribution in [0.15, 0.2) is 71.7 Å². The molecule has 1 saturated heterocycles. The van der Waals surface area contributed by atoms with Gasteiger partial charge in [0.1, 0.15) is 5.82 Å². The van der Waals surface area contributed by atoms with Gasteiger partial charge in [0, 0.05) is 60.9 Å². The monoisotopic (exact) mass is 583 g/mol. The fraction of sp³-hybridized carbons (Fsp3) is 0.324. The predicted molar refractivity (Wildman–Crippen MR) is 169 cm³/mol. The van der Waals surface area contributed by atoms with Crippen LogP contribution in [-0.4, -0.2) is 46.7 Å². The van der Waals surface area contributed by atoms with E-state index in [1.54, 1.807) is 25.4 Å². The van der Waals surface area contributed by atoms with Crippen LogP contribution >= 0.6 is 0 Å². The topological polar surface area (TPSA) is 88.5 Å². The minimum Gasteiger partial charge on any atom is -0.379 e. The van der Waals surface area contributed by atoms with E-state index in [-0.39, 0.29) is 28.5 Å². The SMILES string of the molecule is Cc1c(NC(=O)c2ccc(C(C)(C)C)cc2)cccc1-c1cn(C)c(=O)c(Nc2ccc(CN3CCOCC3)c(F)c2)n1. The first-order valence-corrected chi connectivity index (χ1v) is 14.4. The molecular weight excluding hydrogens is 545 g/mol. The summed E-state index contributed by atoms with van der Waals surface area (Å²) in [5, 5.41) is 6.02. The van der Waals surface area contributed by atoms with Gasteiger partial charge in [-0.25, -0.2) is 9.37 Å². The molecule has 1 aromatic heterocycles. The van der Waals surface area contributed by atoms with Gasteiger partial charge in [0.15, 0.2) is 5.82 Å². The van der Waals surface area contributed by atoms with Gasteiger partial charge >= 0.3 is 0 Å². The first kappa shape index (κ1) is 30.1. The van der Waals surface area contributed by atoms with Gasteiger partial charge in [-0.1, -0.05) is 51.1 Å². The van der Waals surface area contributed by atoms with Crippen LogP contribution in [-0.2, 0) is 23.7 Å². The molecule has 0 spiro atoms. The number of nitrogens with zero attached hydrogens (tertiary/aromatic N) is 3. The zero-order valence-electron chi connectivity index (χ0n) is 25.3. The van der Waals surface area contributed by atoms with Crippen LogP contribution in [0.5, 0.6) is 0 Å². The number of amides is 1. The maximum Gasteiger partial charge on any atom is 0.293 e. The summed E-state index contributed by atoms with van der Waals surface area (Å²) >= 11 is 0. The number of hydrogen-bond acceptors (Lipinski definition) is 6. The third-order valence-corrected chi connectivity index (χ3v) is 7.76. The Balaban J connectivity index is 1.36. The largest absolute Gasteiger partial charge is 0.379 e. The third kappa shape index (κ3) is 7.01. The van der Waals surface area contributed by atoms with E-state index >= 15 is 0 Å². The minimum atomic E-state index is -0.350. The van der Waals surface area contributed by atoms with Gasteiger partial charge in [-0.05, 0) is 53.8 Å². The second kappa shape index (κ2) is 12.5. The van der Waals surface area contributed by atoms with Crippen molar-refractivity contribution in [3.05, 3.63) is 105 Å². The van der Waals surface area contributed by atoms with Gasteiger partial charge in [0.05, 0.1) is 18.9 Å². The Hall–Kier alpha value is -4.34.